The Bertz CT molecular complexity index is 807. The molecular formula is C17H15N3O3S. The van der Waals surface area contributed by atoms with E-state index in [4.69, 9.17) is 9.47 Å². The van der Waals surface area contributed by atoms with E-state index in [1.165, 1.54) is 18.4 Å². The average molecular weight is 341 g/mol. The van der Waals surface area contributed by atoms with Gasteiger partial charge in [-0.15, -0.1) is 11.3 Å². The summed E-state index contributed by atoms with van der Waals surface area (Å²) in [6.07, 6.45) is 1.62. The highest BCUT2D eigenvalue weighted by Crippen LogP contribution is 2.29. The van der Waals surface area contributed by atoms with Crippen LogP contribution >= 0.6 is 11.3 Å². The molecule has 24 heavy (non-hydrogen) atoms. The first kappa shape index (κ1) is 15.9. The van der Waals surface area contributed by atoms with E-state index in [-0.39, 0.29) is 5.91 Å². The first-order valence-corrected chi connectivity index (χ1v) is 8.11. The van der Waals surface area contributed by atoms with Crippen molar-refractivity contribution in [2.45, 2.75) is 6.61 Å². The molecule has 0 fully saturated rings. The van der Waals surface area contributed by atoms with Gasteiger partial charge in [-0.2, -0.15) is 0 Å². The van der Waals surface area contributed by atoms with Crippen LogP contribution in [0, 0.1) is 0 Å². The molecule has 0 aliphatic carbocycles. The van der Waals surface area contributed by atoms with Crippen molar-refractivity contribution in [2.75, 3.05) is 12.4 Å². The van der Waals surface area contributed by atoms with Gasteiger partial charge in [0.05, 0.1) is 18.3 Å². The molecule has 3 rings (SSSR count). The number of thiazole rings is 1. The molecule has 0 bridgehead atoms. The van der Waals surface area contributed by atoms with Crippen molar-refractivity contribution in [3.63, 3.8) is 0 Å². The van der Waals surface area contributed by atoms with E-state index in [2.05, 4.69) is 15.3 Å². The number of ether oxygens (including phenoxy) is 2. The Morgan fingerprint density at radius 2 is 2.12 bits per heavy atom. The number of anilines is 1. The Labute approximate surface area is 143 Å². The molecule has 0 radical (unpaired) electrons. The first-order chi connectivity index (χ1) is 11.8. The Morgan fingerprint density at radius 3 is 2.83 bits per heavy atom. The number of benzene rings is 1. The predicted octanol–water partition coefficient (Wildman–Crippen LogP) is 3.38. The Hall–Kier alpha value is -2.93. The highest BCUT2D eigenvalue weighted by Gasteiger charge is 2.12. The molecule has 1 N–H and O–H groups in total. The summed E-state index contributed by atoms with van der Waals surface area (Å²) in [5, 5.41) is 4.65. The number of pyridine rings is 1. The van der Waals surface area contributed by atoms with Crippen molar-refractivity contribution in [2.24, 2.45) is 0 Å². The van der Waals surface area contributed by atoms with Crippen molar-refractivity contribution in [1.29, 1.82) is 0 Å². The van der Waals surface area contributed by atoms with E-state index >= 15 is 0 Å². The average Bonchev–Trinajstić information content (AvgIpc) is 3.14. The summed E-state index contributed by atoms with van der Waals surface area (Å²) in [4.78, 5) is 20.5. The van der Waals surface area contributed by atoms with Crippen LogP contribution in [0.1, 0.15) is 16.1 Å². The second-order valence-electron chi connectivity index (χ2n) is 4.80. The summed E-state index contributed by atoms with van der Waals surface area (Å²) < 4.78 is 11.0. The molecule has 7 heteroatoms. The zero-order chi connectivity index (χ0) is 16.8. The van der Waals surface area contributed by atoms with Crippen LogP contribution in [0.4, 0.5) is 5.82 Å². The lowest BCUT2D eigenvalue weighted by atomic mass is 10.2. The van der Waals surface area contributed by atoms with Crippen LogP contribution in [0.5, 0.6) is 11.5 Å². The number of nitrogens with one attached hydrogen (secondary N) is 1. The lowest BCUT2D eigenvalue weighted by Crippen LogP contribution is -2.13. The van der Waals surface area contributed by atoms with Gasteiger partial charge in [-0.05, 0) is 30.3 Å². The van der Waals surface area contributed by atoms with Crippen LogP contribution in [-0.2, 0) is 6.61 Å². The van der Waals surface area contributed by atoms with E-state index in [1.807, 2.05) is 5.38 Å². The molecule has 0 atom stereocenters. The van der Waals surface area contributed by atoms with Gasteiger partial charge in [-0.25, -0.2) is 9.97 Å². The molecule has 0 aliphatic rings. The molecule has 0 unspecified atom stereocenters. The summed E-state index contributed by atoms with van der Waals surface area (Å²) in [7, 11) is 1.53. The fourth-order valence-electron chi connectivity index (χ4n) is 2.01. The van der Waals surface area contributed by atoms with Gasteiger partial charge in [0.25, 0.3) is 5.91 Å². The van der Waals surface area contributed by atoms with Crippen LogP contribution in [0.2, 0.25) is 0 Å². The molecule has 0 saturated carbocycles. The Kier molecular flexibility index (Phi) is 5.02. The smallest absolute Gasteiger partial charge is 0.256 e. The van der Waals surface area contributed by atoms with Gasteiger partial charge in [0.15, 0.2) is 11.5 Å². The van der Waals surface area contributed by atoms with Gasteiger partial charge in [0.1, 0.15) is 12.4 Å². The number of hydrogen-bond acceptors (Lipinski definition) is 6. The van der Waals surface area contributed by atoms with Gasteiger partial charge < -0.3 is 14.8 Å². The number of methoxy groups -OCH3 is 1. The maximum atomic E-state index is 12.3. The normalized spacial score (nSPS) is 10.2. The second kappa shape index (κ2) is 7.56. The minimum absolute atomic E-state index is 0.266. The number of amides is 1. The lowest BCUT2D eigenvalue weighted by molar-refractivity contribution is 0.102. The van der Waals surface area contributed by atoms with Gasteiger partial charge in [-0.1, -0.05) is 6.07 Å². The Morgan fingerprint density at radius 1 is 1.21 bits per heavy atom. The number of carbonyl (C=O) groups is 1. The largest absolute Gasteiger partial charge is 0.493 e. The summed E-state index contributed by atoms with van der Waals surface area (Å²) in [5.74, 6) is 1.27. The second-order valence-corrected chi connectivity index (χ2v) is 5.52. The van der Waals surface area contributed by atoms with Crippen LogP contribution in [-0.4, -0.2) is 23.0 Å². The quantitative estimate of drug-likeness (QED) is 0.744. The molecule has 122 valence electrons. The molecule has 2 heterocycles. The van der Waals surface area contributed by atoms with Gasteiger partial charge >= 0.3 is 0 Å². The molecule has 2 aromatic heterocycles. The molecular weight excluding hydrogens is 326 g/mol. The topological polar surface area (TPSA) is 73.3 Å². The molecule has 1 amide bonds. The SMILES string of the molecule is COc1cc(C(=O)Nc2ccccn2)ccc1OCc1cscn1. The molecule has 0 aliphatic heterocycles. The summed E-state index contributed by atoms with van der Waals surface area (Å²) in [5.41, 5.74) is 3.05. The third-order valence-corrected chi connectivity index (χ3v) is 3.83. The standard InChI is InChI=1S/C17H15N3O3S/c1-22-15-8-12(17(21)20-16-4-2-3-7-18-16)5-6-14(15)23-9-13-10-24-11-19-13/h2-8,10-11H,9H2,1H3,(H,18,20,21). The summed E-state index contributed by atoms with van der Waals surface area (Å²) in [6, 6.07) is 10.3. The maximum absolute atomic E-state index is 12.3. The summed E-state index contributed by atoms with van der Waals surface area (Å²) >= 11 is 1.51. The van der Waals surface area contributed by atoms with E-state index in [0.29, 0.717) is 29.5 Å². The zero-order valence-electron chi connectivity index (χ0n) is 12.9. The van der Waals surface area contributed by atoms with Gasteiger partial charge in [0.2, 0.25) is 0 Å². The lowest BCUT2D eigenvalue weighted by Gasteiger charge is -2.11. The highest BCUT2D eigenvalue weighted by molar-refractivity contribution is 7.07. The number of rotatable bonds is 6. The monoisotopic (exact) mass is 341 g/mol. The highest BCUT2D eigenvalue weighted by atomic mass is 32.1. The molecule has 0 spiro atoms. The number of carbonyl (C=O) groups excluding carboxylic acids is 1. The van der Waals surface area contributed by atoms with Crippen molar-refractivity contribution in [1.82, 2.24) is 9.97 Å². The van der Waals surface area contributed by atoms with Crippen LogP contribution in [0.15, 0.2) is 53.5 Å². The molecule has 1 aromatic carbocycles. The summed E-state index contributed by atoms with van der Waals surface area (Å²) in [6.45, 7) is 0.347. The first-order valence-electron chi connectivity index (χ1n) is 7.16. The maximum Gasteiger partial charge on any atom is 0.256 e. The minimum atomic E-state index is -0.266. The van der Waals surface area contributed by atoms with Crippen molar-refractivity contribution in [3.8, 4) is 11.5 Å². The fraction of sp³-hybridized carbons (Fsp3) is 0.118. The minimum Gasteiger partial charge on any atom is -0.493 e. The Balaban J connectivity index is 1.72. The number of nitrogens with zero attached hydrogens (tertiary/aromatic N) is 2. The van der Waals surface area contributed by atoms with Crippen molar-refractivity contribution < 1.29 is 14.3 Å². The third kappa shape index (κ3) is 3.88. The van der Waals surface area contributed by atoms with Gasteiger partial charge in [0, 0.05) is 17.1 Å². The molecule has 6 nitrogen and oxygen atoms in total. The number of aromatic nitrogens is 2. The van der Waals surface area contributed by atoms with Crippen molar-refractivity contribution >= 4 is 23.1 Å². The van der Waals surface area contributed by atoms with Crippen LogP contribution < -0.4 is 14.8 Å². The van der Waals surface area contributed by atoms with E-state index < -0.39 is 0 Å². The van der Waals surface area contributed by atoms with E-state index in [0.717, 1.165) is 5.69 Å². The van der Waals surface area contributed by atoms with E-state index in [1.54, 1.807) is 48.1 Å². The van der Waals surface area contributed by atoms with Crippen LogP contribution in [0.25, 0.3) is 0 Å². The fourth-order valence-corrected chi connectivity index (χ4v) is 2.56. The van der Waals surface area contributed by atoms with Gasteiger partial charge in [-0.3, -0.25) is 4.79 Å². The third-order valence-electron chi connectivity index (χ3n) is 3.19. The van der Waals surface area contributed by atoms with Crippen LogP contribution in [0.3, 0.4) is 0 Å². The number of hydrogen-bond donors (Lipinski definition) is 1. The predicted molar refractivity (Wildman–Crippen MR) is 91.6 cm³/mol. The molecule has 3 aromatic rings. The zero-order valence-corrected chi connectivity index (χ0v) is 13.7. The molecule has 0 saturated heterocycles. The van der Waals surface area contributed by atoms with E-state index in [9.17, 15) is 4.79 Å². The van der Waals surface area contributed by atoms with Crippen molar-refractivity contribution in [3.05, 3.63) is 64.7 Å².